The van der Waals surface area contributed by atoms with Crippen LogP contribution in [0.5, 0.6) is 0 Å². The molecule has 0 bridgehead atoms. The van der Waals surface area contributed by atoms with Gasteiger partial charge in [-0.25, -0.2) is 0 Å². The Kier molecular flexibility index (Phi) is 3.24. The largest absolute Gasteiger partial charge is 0.338 e. The molecular weight excluding hydrogens is 218 g/mol. The molecule has 6 nitrogen and oxygen atoms in total. The Bertz CT molecular complexity index is 354. The van der Waals surface area contributed by atoms with Gasteiger partial charge in [-0.2, -0.15) is 4.98 Å². The summed E-state index contributed by atoms with van der Waals surface area (Å²) in [5.74, 6) is 1.52. The molecule has 0 saturated carbocycles. The molecule has 2 saturated heterocycles. The lowest BCUT2D eigenvalue weighted by Crippen LogP contribution is -2.42. The average molecular weight is 237 g/mol. The number of hydrogen-bond donors (Lipinski definition) is 1. The van der Waals surface area contributed by atoms with E-state index in [9.17, 15) is 0 Å². The van der Waals surface area contributed by atoms with Crippen molar-refractivity contribution < 1.29 is 4.52 Å². The van der Waals surface area contributed by atoms with Crippen molar-refractivity contribution in [3.8, 4) is 0 Å². The lowest BCUT2D eigenvalue weighted by atomic mass is 10.3. The summed E-state index contributed by atoms with van der Waals surface area (Å²) >= 11 is 0. The molecule has 2 aliphatic heterocycles. The van der Waals surface area contributed by atoms with Crippen LogP contribution in [0.4, 0.5) is 5.95 Å². The maximum atomic E-state index is 5.31. The summed E-state index contributed by atoms with van der Waals surface area (Å²) in [4.78, 5) is 9.02. The number of rotatable bonds is 3. The van der Waals surface area contributed by atoms with Gasteiger partial charge in [-0.15, -0.1) is 0 Å². The maximum Gasteiger partial charge on any atom is 0.266 e. The zero-order valence-electron chi connectivity index (χ0n) is 10.1. The van der Waals surface area contributed by atoms with E-state index < -0.39 is 0 Å². The fourth-order valence-electron chi connectivity index (χ4n) is 2.42. The minimum Gasteiger partial charge on any atom is -0.338 e. The van der Waals surface area contributed by atoms with E-state index in [1.165, 1.54) is 12.8 Å². The molecule has 0 aromatic carbocycles. The Morgan fingerprint density at radius 3 is 2.65 bits per heavy atom. The van der Waals surface area contributed by atoms with Gasteiger partial charge in [0.2, 0.25) is 5.89 Å². The van der Waals surface area contributed by atoms with Gasteiger partial charge in [0.15, 0.2) is 0 Å². The first-order valence-electron chi connectivity index (χ1n) is 6.42. The van der Waals surface area contributed by atoms with Crippen molar-refractivity contribution in [3.63, 3.8) is 0 Å². The van der Waals surface area contributed by atoms with E-state index in [1.54, 1.807) is 0 Å². The van der Waals surface area contributed by atoms with Crippen molar-refractivity contribution in [2.75, 3.05) is 44.2 Å². The minimum atomic E-state index is 0.744. The Balaban J connectivity index is 1.59. The highest BCUT2D eigenvalue weighted by Gasteiger charge is 2.19. The lowest BCUT2D eigenvalue weighted by Gasteiger charge is -2.25. The van der Waals surface area contributed by atoms with Gasteiger partial charge in [-0.05, 0) is 18.0 Å². The molecular formula is C11H19N5O. The third kappa shape index (κ3) is 2.58. The molecule has 0 atom stereocenters. The van der Waals surface area contributed by atoms with E-state index in [-0.39, 0.29) is 0 Å². The van der Waals surface area contributed by atoms with Crippen LogP contribution < -0.4 is 10.2 Å². The number of nitrogens with one attached hydrogen (secondary N) is 1. The SMILES string of the molecule is C1CCN(c2noc(CN3CCNCC3)n2)C1. The van der Waals surface area contributed by atoms with Crippen molar-refractivity contribution in [1.82, 2.24) is 20.4 Å². The molecule has 0 amide bonds. The standard InChI is InChI=1S/C11H19N5O/c1-2-6-16(5-1)11-13-10(17-14-11)9-15-7-3-12-4-8-15/h12H,1-9H2. The molecule has 3 rings (SSSR count). The molecule has 0 aliphatic carbocycles. The van der Waals surface area contributed by atoms with Crippen molar-refractivity contribution in [2.45, 2.75) is 19.4 Å². The van der Waals surface area contributed by atoms with Gasteiger partial charge in [0.05, 0.1) is 6.54 Å². The van der Waals surface area contributed by atoms with Gasteiger partial charge >= 0.3 is 0 Å². The van der Waals surface area contributed by atoms with Crippen LogP contribution in [0, 0.1) is 0 Å². The van der Waals surface area contributed by atoms with Gasteiger partial charge < -0.3 is 14.7 Å². The van der Waals surface area contributed by atoms with Crippen LogP contribution >= 0.6 is 0 Å². The molecule has 0 unspecified atom stereocenters. The molecule has 6 heteroatoms. The van der Waals surface area contributed by atoms with Gasteiger partial charge in [-0.1, -0.05) is 0 Å². The van der Waals surface area contributed by atoms with Crippen LogP contribution in [0.1, 0.15) is 18.7 Å². The van der Waals surface area contributed by atoms with E-state index in [2.05, 4.69) is 25.3 Å². The lowest BCUT2D eigenvalue weighted by molar-refractivity contribution is 0.203. The highest BCUT2D eigenvalue weighted by molar-refractivity contribution is 5.28. The van der Waals surface area contributed by atoms with Crippen LogP contribution in [0.3, 0.4) is 0 Å². The first-order valence-corrected chi connectivity index (χ1v) is 6.42. The van der Waals surface area contributed by atoms with E-state index >= 15 is 0 Å². The Hall–Kier alpha value is -1.14. The fourth-order valence-corrected chi connectivity index (χ4v) is 2.42. The van der Waals surface area contributed by atoms with E-state index in [0.29, 0.717) is 0 Å². The second-order valence-corrected chi connectivity index (χ2v) is 4.71. The quantitative estimate of drug-likeness (QED) is 0.803. The van der Waals surface area contributed by atoms with Crippen molar-refractivity contribution in [2.24, 2.45) is 0 Å². The predicted molar refractivity (Wildman–Crippen MR) is 63.9 cm³/mol. The summed E-state index contributed by atoms with van der Waals surface area (Å²) < 4.78 is 5.31. The van der Waals surface area contributed by atoms with Crippen molar-refractivity contribution in [3.05, 3.63) is 5.89 Å². The highest BCUT2D eigenvalue weighted by Crippen LogP contribution is 2.16. The molecule has 17 heavy (non-hydrogen) atoms. The number of nitrogens with zero attached hydrogens (tertiary/aromatic N) is 4. The molecule has 1 aromatic heterocycles. The Morgan fingerprint density at radius 2 is 1.88 bits per heavy atom. The smallest absolute Gasteiger partial charge is 0.266 e. The monoisotopic (exact) mass is 237 g/mol. The summed E-state index contributed by atoms with van der Waals surface area (Å²) in [6, 6.07) is 0. The molecule has 1 aromatic rings. The fraction of sp³-hybridized carbons (Fsp3) is 0.818. The Labute approximate surface area is 101 Å². The Morgan fingerprint density at radius 1 is 1.12 bits per heavy atom. The summed E-state index contributed by atoms with van der Waals surface area (Å²) in [5, 5.41) is 7.40. The molecule has 0 radical (unpaired) electrons. The van der Waals surface area contributed by atoms with Crippen LogP contribution in [-0.4, -0.2) is 54.3 Å². The first-order chi connectivity index (χ1) is 8.42. The van der Waals surface area contributed by atoms with Gasteiger partial charge in [0.1, 0.15) is 0 Å². The van der Waals surface area contributed by atoms with Crippen LogP contribution in [0.2, 0.25) is 0 Å². The van der Waals surface area contributed by atoms with E-state index in [1.807, 2.05) is 0 Å². The number of aromatic nitrogens is 2. The minimum absolute atomic E-state index is 0.744. The number of hydrogen-bond acceptors (Lipinski definition) is 6. The van der Waals surface area contributed by atoms with E-state index in [0.717, 1.165) is 57.7 Å². The zero-order chi connectivity index (χ0) is 11.5. The summed E-state index contributed by atoms with van der Waals surface area (Å²) in [7, 11) is 0. The van der Waals surface area contributed by atoms with Crippen molar-refractivity contribution in [1.29, 1.82) is 0 Å². The number of piperazine rings is 1. The second kappa shape index (κ2) is 5.01. The number of anilines is 1. The van der Waals surface area contributed by atoms with Crippen LogP contribution in [-0.2, 0) is 6.54 Å². The summed E-state index contributed by atoms with van der Waals surface area (Å²) in [5.41, 5.74) is 0. The maximum absolute atomic E-state index is 5.31. The third-order valence-electron chi connectivity index (χ3n) is 3.41. The normalized spacial score (nSPS) is 22.2. The summed E-state index contributed by atoms with van der Waals surface area (Å²) in [6.45, 7) is 7.12. The van der Waals surface area contributed by atoms with Crippen molar-refractivity contribution >= 4 is 5.95 Å². The topological polar surface area (TPSA) is 57.4 Å². The average Bonchev–Trinajstić information content (AvgIpc) is 3.00. The van der Waals surface area contributed by atoms with Gasteiger partial charge in [0, 0.05) is 39.3 Å². The van der Waals surface area contributed by atoms with Gasteiger partial charge in [-0.3, -0.25) is 4.90 Å². The summed E-state index contributed by atoms with van der Waals surface area (Å²) in [6.07, 6.45) is 2.48. The molecule has 1 N–H and O–H groups in total. The van der Waals surface area contributed by atoms with Crippen LogP contribution in [0.25, 0.3) is 0 Å². The molecule has 0 spiro atoms. The highest BCUT2D eigenvalue weighted by atomic mass is 16.5. The van der Waals surface area contributed by atoms with Gasteiger partial charge in [0.25, 0.3) is 5.95 Å². The third-order valence-corrected chi connectivity index (χ3v) is 3.41. The molecule has 94 valence electrons. The van der Waals surface area contributed by atoms with E-state index in [4.69, 9.17) is 4.52 Å². The molecule has 2 aliphatic rings. The molecule has 3 heterocycles. The molecule has 2 fully saturated rings. The zero-order valence-corrected chi connectivity index (χ0v) is 10.1. The predicted octanol–water partition coefficient (Wildman–Crippen LogP) is 0.0750. The second-order valence-electron chi connectivity index (χ2n) is 4.71. The van der Waals surface area contributed by atoms with Crippen LogP contribution in [0.15, 0.2) is 4.52 Å². The first kappa shape index (κ1) is 11.0.